The number of benzene rings is 1. The first-order valence-corrected chi connectivity index (χ1v) is 11.1. The van der Waals surface area contributed by atoms with Crippen molar-refractivity contribution < 1.29 is 0 Å². The highest BCUT2D eigenvalue weighted by Crippen LogP contribution is 2.28. The van der Waals surface area contributed by atoms with Crippen LogP contribution in [0.15, 0.2) is 24.3 Å². The molecule has 0 atom stereocenters. The fraction of sp³-hybridized carbons (Fsp3) is 0.522. The maximum atomic E-state index is 9.34. The molecule has 2 aliphatic rings. The molecule has 1 aliphatic carbocycles. The minimum absolute atomic E-state index is 0.254. The second-order valence-electron chi connectivity index (χ2n) is 8.19. The van der Waals surface area contributed by atoms with Gasteiger partial charge in [-0.3, -0.25) is 4.90 Å². The third kappa shape index (κ3) is 5.07. The number of nitriles is 1. The smallest absolute Gasteiger partial charge is 0.234 e. The Morgan fingerprint density at radius 1 is 1.17 bits per heavy atom. The maximum Gasteiger partial charge on any atom is 0.234 e. The number of aromatic nitrogens is 2. The van der Waals surface area contributed by atoms with Crippen LogP contribution in [0.2, 0.25) is 5.02 Å². The van der Waals surface area contributed by atoms with E-state index in [1.165, 1.54) is 38.6 Å². The Balaban J connectivity index is 1.45. The van der Waals surface area contributed by atoms with Crippen molar-refractivity contribution in [1.29, 1.82) is 5.26 Å². The molecule has 152 valence electrons. The zero-order chi connectivity index (χ0) is 20.1. The molecule has 1 fully saturated rings. The summed E-state index contributed by atoms with van der Waals surface area (Å²) in [6, 6.07) is 10.0. The molecule has 0 unspecified atom stereocenters. The summed E-state index contributed by atoms with van der Waals surface area (Å²) >= 11 is 6.28. The van der Waals surface area contributed by atoms with Crippen molar-refractivity contribution in [3.63, 3.8) is 0 Å². The van der Waals surface area contributed by atoms with Crippen LogP contribution in [0.1, 0.15) is 54.7 Å². The van der Waals surface area contributed by atoms with Crippen molar-refractivity contribution in [2.45, 2.75) is 51.5 Å². The molecule has 0 radical (unpaired) electrons. The first-order chi connectivity index (χ1) is 14.2. The molecule has 2 heterocycles. The molecule has 1 aromatic heterocycles. The van der Waals surface area contributed by atoms with Crippen molar-refractivity contribution in [3.05, 3.63) is 51.9 Å². The summed E-state index contributed by atoms with van der Waals surface area (Å²) in [6.45, 7) is 3.77. The monoisotopic (exact) mass is 409 g/mol. The molecule has 29 heavy (non-hydrogen) atoms. The van der Waals surface area contributed by atoms with Gasteiger partial charge in [-0.05, 0) is 36.8 Å². The zero-order valence-corrected chi connectivity index (χ0v) is 17.6. The lowest BCUT2D eigenvalue weighted by Gasteiger charge is -2.33. The number of fused-ring (bicyclic) bond motifs is 1. The standard InChI is InChI=1S/C23H28ClN5/c24-20-9-5-4-8-18(20)10-12-26-23-19-16-29(15-17-6-2-1-3-7-17)13-11-21(19)27-22(14-25)28-23/h4-5,8-9,17H,1-3,6-7,10-13,15-16H2,(H,26,27,28). The number of hydrogen-bond acceptors (Lipinski definition) is 5. The van der Waals surface area contributed by atoms with E-state index in [0.717, 1.165) is 66.1 Å². The predicted molar refractivity (Wildman–Crippen MR) is 116 cm³/mol. The topological polar surface area (TPSA) is 64.8 Å². The lowest BCUT2D eigenvalue weighted by molar-refractivity contribution is 0.186. The summed E-state index contributed by atoms with van der Waals surface area (Å²) in [4.78, 5) is 11.5. The van der Waals surface area contributed by atoms with Crippen LogP contribution in [0.3, 0.4) is 0 Å². The van der Waals surface area contributed by atoms with Gasteiger partial charge in [0.2, 0.25) is 5.82 Å². The van der Waals surface area contributed by atoms with Crippen molar-refractivity contribution in [2.24, 2.45) is 5.92 Å². The number of hydrogen-bond donors (Lipinski definition) is 1. The Kier molecular flexibility index (Phi) is 6.63. The highest BCUT2D eigenvalue weighted by Gasteiger charge is 2.25. The van der Waals surface area contributed by atoms with Crippen LogP contribution in [0.5, 0.6) is 0 Å². The maximum absolute atomic E-state index is 9.34. The fourth-order valence-corrected chi connectivity index (χ4v) is 4.80. The summed E-state index contributed by atoms with van der Waals surface area (Å²) < 4.78 is 0. The van der Waals surface area contributed by atoms with Crippen molar-refractivity contribution in [3.8, 4) is 6.07 Å². The van der Waals surface area contributed by atoms with E-state index >= 15 is 0 Å². The molecule has 2 aromatic rings. The van der Waals surface area contributed by atoms with Gasteiger partial charge in [0.15, 0.2) is 0 Å². The molecule has 0 amide bonds. The van der Waals surface area contributed by atoms with Gasteiger partial charge in [-0.2, -0.15) is 5.26 Å². The Morgan fingerprint density at radius 2 is 2.00 bits per heavy atom. The largest absolute Gasteiger partial charge is 0.369 e. The second kappa shape index (κ2) is 9.56. The van der Waals surface area contributed by atoms with Crippen LogP contribution < -0.4 is 5.32 Å². The summed E-state index contributed by atoms with van der Waals surface area (Å²) in [5, 5.41) is 13.6. The van der Waals surface area contributed by atoms with Crippen LogP contribution in [-0.4, -0.2) is 34.5 Å². The molecule has 4 rings (SSSR count). The van der Waals surface area contributed by atoms with E-state index in [-0.39, 0.29) is 5.82 Å². The van der Waals surface area contributed by atoms with Gasteiger partial charge >= 0.3 is 0 Å². The number of rotatable bonds is 6. The van der Waals surface area contributed by atoms with Gasteiger partial charge in [0, 0.05) is 43.2 Å². The zero-order valence-electron chi connectivity index (χ0n) is 16.8. The van der Waals surface area contributed by atoms with E-state index in [4.69, 9.17) is 11.6 Å². The van der Waals surface area contributed by atoms with E-state index in [1.807, 2.05) is 24.3 Å². The lowest BCUT2D eigenvalue weighted by atomic mass is 9.88. The highest BCUT2D eigenvalue weighted by atomic mass is 35.5. The fourth-order valence-electron chi connectivity index (χ4n) is 4.57. The number of anilines is 1. The Labute approximate surface area is 178 Å². The summed E-state index contributed by atoms with van der Waals surface area (Å²) in [5.41, 5.74) is 3.30. The highest BCUT2D eigenvalue weighted by molar-refractivity contribution is 6.31. The SMILES string of the molecule is N#Cc1nc2c(c(NCCc3ccccc3Cl)n1)CN(CC1CCCCC1)CC2. The average molecular weight is 410 g/mol. The third-order valence-corrected chi connectivity index (χ3v) is 6.49. The Morgan fingerprint density at radius 3 is 2.79 bits per heavy atom. The van der Waals surface area contributed by atoms with Crippen molar-refractivity contribution >= 4 is 17.4 Å². The molecule has 0 bridgehead atoms. The van der Waals surface area contributed by atoms with Gasteiger partial charge < -0.3 is 5.32 Å². The van der Waals surface area contributed by atoms with Crippen LogP contribution >= 0.6 is 11.6 Å². The quantitative estimate of drug-likeness (QED) is 0.755. The summed E-state index contributed by atoms with van der Waals surface area (Å²) in [7, 11) is 0. The average Bonchev–Trinajstić information content (AvgIpc) is 2.76. The molecule has 1 aliphatic heterocycles. The van der Waals surface area contributed by atoms with Gasteiger partial charge in [-0.25, -0.2) is 9.97 Å². The van der Waals surface area contributed by atoms with E-state index in [2.05, 4.69) is 26.3 Å². The van der Waals surface area contributed by atoms with E-state index in [1.54, 1.807) is 0 Å². The molecule has 1 saturated carbocycles. The first kappa shape index (κ1) is 20.1. The van der Waals surface area contributed by atoms with Gasteiger partial charge in [-0.15, -0.1) is 0 Å². The van der Waals surface area contributed by atoms with Gasteiger partial charge in [0.1, 0.15) is 11.9 Å². The molecule has 1 aromatic carbocycles. The molecular weight excluding hydrogens is 382 g/mol. The van der Waals surface area contributed by atoms with E-state index < -0.39 is 0 Å². The lowest BCUT2D eigenvalue weighted by Crippen LogP contribution is -2.36. The summed E-state index contributed by atoms with van der Waals surface area (Å²) in [5.74, 6) is 1.89. The second-order valence-corrected chi connectivity index (χ2v) is 8.60. The number of halogens is 1. The molecule has 1 N–H and O–H groups in total. The molecule has 0 spiro atoms. The number of nitrogens with one attached hydrogen (secondary N) is 1. The van der Waals surface area contributed by atoms with Crippen molar-refractivity contribution in [1.82, 2.24) is 14.9 Å². The van der Waals surface area contributed by atoms with Crippen LogP contribution in [0.4, 0.5) is 5.82 Å². The van der Waals surface area contributed by atoms with E-state index in [9.17, 15) is 5.26 Å². The third-order valence-electron chi connectivity index (χ3n) is 6.13. The van der Waals surface area contributed by atoms with Crippen molar-refractivity contribution in [2.75, 3.05) is 25.0 Å². The van der Waals surface area contributed by atoms with Crippen LogP contribution in [0.25, 0.3) is 0 Å². The number of nitrogens with zero attached hydrogens (tertiary/aromatic N) is 4. The minimum Gasteiger partial charge on any atom is -0.369 e. The minimum atomic E-state index is 0.254. The van der Waals surface area contributed by atoms with E-state index in [0.29, 0.717) is 0 Å². The van der Waals surface area contributed by atoms with Crippen LogP contribution in [-0.2, 0) is 19.4 Å². The molecule has 0 saturated heterocycles. The Bertz CT molecular complexity index is 885. The van der Waals surface area contributed by atoms with Gasteiger partial charge in [-0.1, -0.05) is 49.1 Å². The van der Waals surface area contributed by atoms with Gasteiger partial charge in [0.05, 0.1) is 5.69 Å². The molecule has 5 nitrogen and oxygen atoms in total. The van der Waals surface area contributed by atoms with Gasteiger partial charge in [0.25, 0.3) is 0 Å². The predicted octanol–water partition coefficient (Wildman–Crippen LogP) is 4.59. The van der Waals surface area contributed by atoms with Crippen LogP contribution in [0, 0.1) is 17.2 Å². The normalized spacial score (nSPS) is 17.5. The first-order valence-electron chi connectivity index (χ1n) is 10.7. The Hall–Kier alpha value is -2.16. The summed E-state index contributed by atoms with van der Waals surface area (Å²) in [6.07, 6.45) is 8.55. The molecular formula is C23H28ClN5. The molecule has 6 heteroatoms.